The predicted octanol–water partition coefficient (Wildman–Crippen LogP) is 7.04. The van der Waals surface area contributed by atoms with Gasteiger partial charge in [-0.05, 0) is 78.6 Å². The van der Waals surface area contributed by atoms with Crippen molar-refractivity contribution < 1.29 is 24.3 Å². The number of phenols is 1. The average Bonchev–Trinajstić information content (AvgIpc) is 3.37. The Kier molecular flexibility index (Phi) is 6.95. The molecule has 1 N–H and O–H groups in total. The molecule has 6 nitrogen and oxygen atoms in total. The van der Waals surface area contributed by atoms with Crippen molar-refractivity contribution in [2.45, 2.75) is 38.0 Å². The lowest BCUT2D eigenvalue weighted by Gasteiger charge is -2.55. The van der Waals surface area contributed by atoms with Crippen LogP contribution in [0.2, 0.25) is 0 Å². The summed E-state index contributed by atoms with van der Waals surface area (Å²) in [5.41, 5.74) is 4.08. The van der Waals surface area contributed by atoms with E-state index in [9.17, 15) is 14.7 Å². The van der Waals surface area contributed by atoms with Crippen LogP contribution in [0.15, 0.2) is 121 Å². The molecule has 6 heteroatoms. The van der Waals surface area contributed by atoms with Gasteiger partial charge >= 0.3 is 0 Å². The highest BCUT2D eigenvalue weighted by atomic mass is 16.3. The number of benzene rings is 4. The molecule has 0 bridgehead atoms. The third-order valence-corrected chi connectivity index (χ3v) is 11.2. The number of hydrogen-bond acceptors (Lipinski definition) is 5. The van der Waals surface area contributed by atoms with Gasteiger partial charge in [0.05, 0.1) is 22.9 Å². The standard InChI is InChI=1S/C42H35NO5/c1-24-20-27(21-25(2)38(24)45)37-30-18-19-31-36(41(48)43(40(31)47)29-16-10-5-11-17-29)33(30)22-34-39(46)32(26-12-6-3-7-13-26)23-35(44)42(34,37)28-14-8-4-9-15-28/h3-18,20-21,23,31,33-34,36-37,45H,19,22H2,1-2H3. The molecule has 4 aliphatic rings. The van der Waals surface area contributed by atoms with Crippen molar-refractivity contribution in [3.05, 3.63) is 149 Å². The van der Waals surface area contributed by atoms with Crippen LogP contribution in [0.4, 0.5) is 5.69 Å². The second kappa shape index (κ2) is 11.1. The number of phenolic OH excluding ortho intramolecular Hbond substituents is 1. The van der Waals surface area contributed by atoms with Gasteiger partial charge < -0.3 is 5.11 Å². The molecule has 0 spiro atoms. The number of aromatic hydroxyl groups is 1. The maximum atomic E-state index is 15.1. The lowest BCUT2D eigenvalue weighted by molar-refractivity contribution is -0.135. The van der Waals surface area contributed by atoms with Crippen LogP contribution in [0.25, 0.3) is 5.57 Å². The Balaban J connectivity index is 1.38. The van der Waals surface area contributed by atoms with Crippen molar-refractivity contribution >= 4 is 34.6 Å². The van der Waals surface area contributed by atoms with Crippen LogP contribution in [-0.4, -0.2) is 28.5 Å². The average molecular weight is 634 g/mol. The van der Waals surface area contributed by atoms with Crippen molar-refractivity contribution in [3.63, 3.8) is 0 Å². The molecule has 1 saturated carbocycles. The summed E-state index contributed by atoms with van der Waals surface area (Å²) in [6.45, 7) is 3.67. The van der Waals surface area contributed by atoms with E-state index in [1.165, 1.54) is 11.0 Å². The number of carbonyl (C=O) groups is 4. The van der Waals surface area contributed by atoms with Crippen LogP contribution in [0.1, 0.15) is 46.6 Å². The monoisotopic (exact) mass is 633 g/mol. The maximum absolute atomic E-state index is 15.1. The first-order valence-electron chi connectivity index (χ1n) is 16.6. The number of ketones is 2. The van der Waals surface area contributed by atoms with Crippen LogP contribution in [0.3, 0.4) is 0 Å². The molecule has 0 radical (unpaired) electrons. The number of Topliss-reactive ketones (excluding diaryl/α,β-unsaturated/α-hetero) is 1. The summed E-state index contributed by atoms with van der Waals surface area (Å²) in [6.07, 6.45) is 4.22. The number of anilines is 1. The molecule has 1 aliphatic heterocycles. The van der Waals surface area contributed by atoms with Gasteiger partial charge in [0.1, 0.15) is 5.75 Å². The van der Waals surface area contributed by atoms with Gasteiger partial charge in [-0.1, -0.05) is 103 Å². The highest BCUT2D eigenvalue weighted by Crippen LogP contribution is 2.64. The number of fused-ring (bicyclic) bond motifs is 4. The molecule has 4 aromatic carbocycles. The minimum absolute atomic E-state index is 0.139. The van der Waals surface area contributed by atoms with Crippen LogP contribution in [0.5, 0.6) is 5.75 Å². The number of para-hydroxylation sites is 1. The van der Waals surface area contributed by atoms with E-state index in [2.05, 4.69) is 6.08 Å². The molecule has 1 saturated heterocycles. The molecule has 238 valence electrons. The van der Waals surface area contributed by atoms with Crippen molar-refractivity contribution in [1.29, 1.82) is 0 Å². The van der Waals surface area contributed by atoms with Gasteiger partial charge in [0.2, 0.25) is 11.8 Å². The van der Waals surface area contributed by atoms with Crippen LogP contribution < -0.4 is 4.90 Å². The molecule has 0 aromatic heterocycles. The lowest BCUT2D eigenvalue weighted by atomic mass is 9.44. The van der Waals surface area contributed by atoms with E-state index in [4.69, 9.17) is 0 Å². The van der Waals surface area contributed by atoms with E-state index in [1.54, 1.807) is 12.1 Å². The highest BCUT2D eigenvalue weighted by molar-refractivity contribution is 6.32. The Morgan fingerprint density at radius 3 is 2.00 bits per heavy atom. The minimum atomic E-state index is -1.30. The zero-order chi connectivity index (χ0) is 33.3. The largest absolute Gasteiger partial charge is 0.507 e. The minimum Gasteiger partial charge on any atom is -0.507 e. The van der Waals surface area contributed by atoms with Gasteiger partial charge in [0, 0.05) is 17.4 Å². The molecule has 3 aliphatic carbocycles. The topological polar surface area (TPSA) is 91.8 Å². The first-order valence-corrected chi connectivity index (χ1v) is 16.6. The van der Waals surface area contributed by atoms with Crippen molar-refractivity contribution in [3.8, 4) is 5.75 Å². The third-order valence-electron chi connectivity index (χ3n) is 11.2. The second-order valence-electron chi connectivity index (χ2n) is 13.6. The molecule has 48 heavy (non-hydrogen) atoms. The van der Waals surface area contributed by atoms with Crippen LogP contribution in [0, 0.1) is 37.5 Å². The van der Waals surface area contributed by atoms with Crippen molar-refractivity contribution in [2.24, 2.45) is 23.7 Å². The van der Waals surface area contributed by atoms with E-state index in [0.717, 1.165) is 16.7 Å². The summed E-state index contributed by atoms with van der Waals surface area (Å²) in [5.74, 6) is -3.68. The number of hydrogen-bond donors (Lipinski definition) is 1. The molecular formula is C42H35NO5. The normalized spacial score (nSPS) is 28.0. The van der Waals surface area contributed by atoms with Crippen LogP contribution in [-0.2, 0) is 24.6 Å². The number of imide groups is 1. The predicted molar refractivity (Wildman–Crippen MR) is 183 cm³/mol. The van der Waals surface area contributed by atoms with Gasteiger partial charge in [-0.2, -0.15) is 0 Å². The SMILES string of the molecule is Cc1cc(C2C3=CCC4C(=O)N(c5ccccc5)C(=O)C4C3CC3C(=O)C(c4ccccc4)=CC(=O)C32c2ccccc2)cc(C)c1O. The molecule has 6 unspecified atom stereocenters. The van der Waals surface area contributed by atoms with Crippen LogP contribution >= 0.6 is 0 Å². The summed E-state index contributed by atoms with van der Waals surface area (Å²) in [4.78, 5) is 59.8. The Morgan fingerprint density at radius 2 is 1.35 bits per heavy atom. The van der Waals surface area contributed by atoms with Gasteiger partial charge in [0.25, 0.3) is 0 Å². The molecule has 8 rings (SSSR count). The summed E-state index contributed by atoms with van der Waals surface area (Å²) in [5, 5.41) is 10.8. The Labute approximate surface area is 279 Å². The van der Waals surface area contributed by atoms with Gasteiger partial charge in [-0.25, -0.2) is 0 Å². The van der Waals surface area contributed by atoms with E-state index in [1.807, 2.05) is 105 Å². The zero-order valence-corrected chi connectivity index (χ0v) is 26.8. The number of carbonyl (C=O) groups excluding carboxylic acids is 4. The number of nitrogens with zero attached hydrogens (tertiary/aromatic N) is 1. The number of aryl methyl sites for hydroxylation is 2. The molecule has 4 aromatic rings. The fraction of sp³-hybridized carbons (Fsp3) is 0.238. The first kappa shape index (κ1) is 30.0. The van der Waals surface area contributed by atoms with Gasteiger partial charge in [-0.15, -0.1) is 0 Å². The second-order valence-corrected chi connectivity index (χ2v) is 13.6. The Morgan fingerprint density at radius 1 is 0.750 bits per heavy atom. The quantitative estimate of drug-likeness (QED) is 0.192. The molecule has 2 amide bonds. The smallest absolute Gasteiger partial charge is 0.238 e. The Hall–Kier alpha value is -5.36. The van der Waals surface area contributed by atoms with Crippen molar-refractivity contribution in [1.82, 2.24) is 0 Å². The van der Waals surface area contributed by atoms with Gasteiger partial charge in [0.15, 0.2) is 11.6 Å². The summed E-state index contributed by atoms with van der Waals surface area (Å²) in [6, 6.07) is 31.7. The van der Waals surface area contributed by atoms with Gasteiger partial charge in [-0.3, -0.25) is 24.1 Å². The van der Waals surface area contributed by atoms with E-state index < -0.39 is 35.0 Å². The lowest BCUT2D eigenvalue weighted by Crippen LogP contribution is -2.58. The first-order chi connectivity index (χ1) is 23.2. The number of allylic oxidation sites excluding steroid dienone is 4. The summed E-state index contributed by atoms with van der Waals surface area (Å²) >= 11 is 0. The highest BCUT2D eigenvalue weighted by Gasteiger charge is 2.66. The van der Waals surface area contributed by atoms with E-state index in [0.29, 0.717) is 34.4 Å². The van der Waals surface area contributed by atoms with E-state index in [-0.39, 0.29) is 35.6 Å². The van der Waals surface area contributed by atoms with E-state index >= 15 is 9.59 Å². The fourth-order valence-corrected chi connectivity index (χ4v) is 9.24. The van der Waals surface area contributed by atoms with Crippen molar-refractivity contribution in [2.75, 3.05) is 4.90 Å². The number of amides is 2. The maximum Gasteiger partial charge on any atom is 0.238 e. The Bertz CT molecular complexity index is 2040. The molecular weight excluding hydrogens is 598 g/mol. The molecule has 6 atom stereocenters. The molecule has 2 fully saturated rings. The molecule has 1 heterocycles. The summed E-state index contributed by atoms with van der Waals surface area (Å²) < 4.78 is 0. The summed E-state index contributed by atoms with van der Waals surface area (Å²) in [7, 11) is 0. The third kappa shape index (κ3) is 4.18. The zero-order valence-electron chi connectivity index (χ0n) is 26.8. The number of rotatable bonds is 4. The fourth-order valence-electron chi connectivity index (χ4n) is 9.24.